The smallest absolute Gasteiger partial charge is 0.242 e. The van der Waals surface area contributed by atoms with Crippen LogP contribution in [0.4, 0.5) is 10.2 Å². The molecule has 0 spiro atoms. The highest BCUT2D eigenvalue weighted by molar-refractivity contribution is 7.16. The zero-order chi connectivity index (χ0) is 19.8. The van der Waals surface area contributed by atoms with E-state index in [-0.39, 0.29) is 11.7 Å². The summed E-state index contributed by atoms with van der Waals surface area (Å²) in [5, 5.41) is 6.23. The Kier molecular flexibility index (Phi) is 4.89. The number of thiophene rings is 1. The Labute approximate surface area is 172 Å². The molecule has 1 saturated carbocycles. The highest BCUT2D eigenvalue weighted by atomic mass is 32.1. The van der Waals surface area contributed by atoms with E-state index in [2.05, 4.69) is 31.2 Å². The summed E-state index contributed by atoms with van der Waals surface area (Å²) in [6.07, 6.45) is 3.70. The lowest BCUT2D eigenvalue weighted by molar-refractivity contribution is -0.127. The van der Waals surface area contributed by atoms with Crippen LogP contribution in [0.25, 0.3) is 10.2 Å². The molecule has 1 aromatic carbocycles. The summed E-state index contributed by atoms with van der Waals surface area (Å²) >= 11 is 1.61. The molecule has 1 aliphatic heterocycles. The van der Waals surface area contributed by atoms with Gasteiger partial charge in [-0.1, -0.05) is 12.1 Å². The molecule has 1 saturated heterocycles. The molecule has 29 heavy (non-hydrogen) atoms. The molecule has 1 unspecified atom stereocenters. The van der Waals surface area contributed by atoms with Gasteiger partial charge < -0.3 is 10.2 Å². The third-order valence-corrected chi connectivity index (χ3v) is 6.40. The van der Waals surface area contributed by atoms with E-state index in [1.54, 1.807) is 29.8 Å². The van der Waals surface area contributed by atoms with Gasteiger partial charge in [0.2, 0.25) is 5.91 Å². The maximum atomic E-state index is 13.4. The molecule has 3 heterocycles. The monoisotopic (exact) mass is 411 g/mol. The Morgan fingerprint density at radius 2 is 1.86 bits per heavy atom. The molecule has 2 aliphatic rings. The van der Waals surface area contributed by atoms with E-state index in [0.717, 1.165) is 60.6 Å². The van der Waals surface area contributed by atoms with Gasteiger partial charge in [0.25, 0.3) is 0 Å². The van der Waals surface area contributed by atoms with Crippen molar-refractivity contribution < 1.29 is 9.18 Å². The summed E-state index contributed by atoms with van der Waals surface area (Å²) in [4.78, 5) is 27.3. The molecule has 150 valence electrons. The third kappa shape index (κ3) is 3.82. The van der Waals surface area contributed by atoms with Crippen molar-refractivity contribution in [2.45, 2.75) is 24.9 Å². The fraction of sp³-hybridized carbons (Fsp3) is 0.381. The van der Waals surface area contributed by atoms with Gasteiger partial charge in [0.05, 0.1) is 5.39 Å². The van der Waals surface area contributed by atoms with E-state index in [9.17, 15) is 9.18 Å². The Bertz CT molecular complexity index is 1010. The van der Waals surface area contributed by atoms with Gasteiger partial charge in [-0.05, 0) is 42.0 Å². The molecule has 6 nitrogen and oxygen atoms in total. The minimum Gasteiger partial charge on any atom is -0.353 e. The van der Waals surface area contributed by atoms with Gasteiger partial charge in [0, 0.05) is 32.2 Å². The fourth-order valence-corrected chi connectivity index (χ4v) is 4.63. The Morgan fingerprint density at radius 3 is 2.59 bits per heavy atom. The van der Waals surface area contributed by atoms with E-state index in [4.69, 9.17) is 0 Å². The van der Waals surface area contributed by atoms with Gasteiger partial charge >= 0.3 is 0 Å². The number of fused-ring (bicyclic) bond motifs is 1. The molecule has 5 rings (SSSR count). The van der Waals surface area contributed by atoms with Crippen molar-refractivity contribution in [2.75, 3.05) is 31.1 Å². The molecular weight excluding hydrogens is 389 g/mol. The topological polar surface area (TPSA) is 61.4 Å². The lowest BCUT2D eigenvalue weighted by Gasteiger charge is -2.39. The van der Waals surface area contributed by atoms with Gasteiger partial charge in [0.1, 0.15) is 28.8 Å². The summed E-state index contributed by atoms with van der Waals surface area (Å²) in [5.41, 5.74) is 0.834. The average molecular weight is 412 g/mol. The number of benzene rings is 1. The Hall–Kier alpha value is -2.58. The van der Waals surface area contributed by atoms with E-state index >= 15 is 0 Å². The van der Waals surface area contributed by atoms with Crippen LogP contribution in [0.5, 0.6) is 0 Å². The largest absolute Gasteiger partial charge is 0.353 e. The van der Waals surface area contributed by atoms with Crippen molar-refractivity contribution >= 4 is 33.3 Å². The van der Waals surface area contributed by atoms with Gasteiger partial charge in [0.15, 0.2) is 0 Å². The predicted molar refractivity (Wildman–Crippen MR) is 112 cm³/mol. The summed E-state index contributed by atoms with van der Waals surface area (Å²) in [6.45, 7) is 3.01. The molecule has 1 aliphatic carbocycles. The Balaban J connectivity index is 1.35. The zero-order valence-electron chi connectivity index (χ0n) is 15.9. The highest BCUT2D eigenvalue weighted by Crippen LogP contribution is 2.30. The number of amides is 1. The minimum absolute atomic E-state index is 0.00909. The second kappa shape index (κ2) is 7.68. The number of aromatic nitrogens is 2. The van der Waals surface area contributed by atoms with Crippen molar-refractivity contribution in [1.29, 1.82) is 0 Å². The normalized spacial score (nSPS) is 18.7. The number of carbonyl (C=O) groups is 1. The summed E-state index contributed by atoms with van der Waals surface area (Å²) in [7, 11) is 0. The van der Waals surface area contributed by atoms with Crippen molar-refractivity contribution in [3.05, 3.63) is 53.4 Å². The maximum Gasteiger partial charge on any atom is 0.242 e. The van der Waals surface area contributed by atoms with Crippen LogP contribution in [-0.4, -0.2) is 53.0 Å². The number of anilines is 1. The van der Waals surface area contributed by atoms with E-state index < -0.39 is 6.04 Å². The van der Waals surface area contributed by atoms with Crippen LogP contribution in [0.1, 0.15) is 24.4 Å². The number of hydrogen-bond donors (Lipinski definition) is 1. The molecule has 1 amide bonds. The van der Waals surface area contributed by atoms with Gasteiger partial charge in [-0.2, -0.15) is 0 Å². The van der Waals surface area contributed by atoms with Crippen LogP contribution >= 0.6 is 11.3 Å². The highest BCUT2D eigenvalue weighted by Gasteiger charge is 2.34. The minimum atomic E-state index is -0.398. The van der Waals surface area contributed by atoms with Crippen molar-refractivity contribution in [1.82, 2.24) is 20.2 Å². The maximum absolute atomic E-state index is 13.4. The zero-order valence-corrected chi connectivity index (χ0v) is 16.7. The Morgan fingerprint density at radius 1 is 1.10 bits per heavy atom. The molecule has 1 N–H and O–H groups in total. The molecule has 2 fully saturated rings. The van der Waals surface area contributed by atoms with Gasteiger partial charge in [-0.15, -0.1) is 11.3 Å². The molecule has 2 aromatic heterocycles. The van der Waals surface area contributed by atoms with Gasteiger partial charge in [-0.3, -0.25) is 9.69 Å². The standard InChI is InChI=1S/C21H22FN5OS/c22-15-3-1-14(2-4-15)18(20(28)25-16-5-6-16)26-8-10-27(11-9-26)19-17-7-12-29-21(17)24-13-23-19/h1-4,7,12-13,16,18H,5-6,8-11H2,(H,25,28). The summed E-state index contributed by atoms with van der Waals surface area (Å²) in [5.74, 6) is 0.676. The van der Waals surface area contributed by atoms with Crippen LogP contribution in [-0.2, 0) is 4.79 Å². The lowest BCUT2D eigenvalue weighted by Crippen LogP contribution is -2.51. The SMILES string of the molecule is O=C(NC1CC1)C(c1ccc(F)cc1)N1CCN(c2ncnc3sccc23)CC1. The first-order valence-corrected chi connectivity index (χ1v) is 10.8. The fourth-order valence-electron chi connectivity index (χ4n) is 3.90. The molecule has 3 aromatic rings. The number of carbonyl (C=O) groups excluding carboxylic acids is 1. The van der Waals surface area contributed by atoms with Crippen LogP contribution in [0.3, 0.4) is 0 Å². The van der Waals surface area contributed by atoms with Crippen molar-refractivity contribution in [3.8, 4) is 0 Å². The molecular formula is C21H22FN5OS. The number of rotatable bonds is 5. The van der Waals surface area contributed by atoms with E-state index in [0.29, 0.717) is 6.04 Å². The van der Waals surface area contributed by atoms with Crippen LogP contribution in [0.2, 0.25) is 0 Å². The van der Waals surface area contributed by atoms with Crippen LogP contribution in [0.15, 0.2) is 42.0 Å². The van der Waals surface area contributed by atoms with Crippen LogP contribution in [0, 0.1) is 5.82 Å². The third-order valence-electron chi connectivity index (χ3n) is 5.58. The summed E-state index contributed by atoms with van der Waals surface area (Å²) in [6, 6.07) is 8.25. The molecule has 8 heteroatoms. The number of halogens is 1. The summed E-state index contributed by atoms with van der Waals surface area (Å²) < 4.78 is 13.4. The predicted octanol–water partition coefficient (Wildman–Crippen LogP) is 2.97. The second-order valence-electron chi connectivity index (χ2n) is 7.60. The average Bonchev–Trinajstić information content (AvgIpc) is 3.41. The molecule has 0 bridgehead atoms. The van der Waals surface area contributed by atoms with Crippen molar-refractivity contribution in [2.24, 2.45) is 0 Å². The first-order chi connectivity index (χ1) is 14.2. The molecule has 1 atom stereocenters. The number of nitrogens with zero attached hydrogens (tertiary/aromatic N) is 4. The van der Waals surface area contributed by atoms with E-state index in [1.165, 1.54) is 12.1 Å². The number of piperazine rings is 1. The lowest BCUT2D eigenvalue weighted by atomic mass is 10.0. The number of nitrogens with one attached hydrogen (secondary N) is 1. The van der Waals surface area contributed by atoms with Crippen molar-refractivity contribution in [3.63, 3.8) is 0 Å². The van der Waals surface area contributed by atoms with E-state index in [1.807, 2.05) is 5.38 Å². The molecule has 0 radical (unpaired) electrons. The van der Waals surface area contributed by atoms with Gasteiger partial charge in [-0.25, -0.2) is 14.4 Å². The van der Waals surface area contributed by atoms with Crippen LogP contribution < -0.4 is 10.2 Å². The first-order valence-electron chi connectivity index (χ1n) is 9.92. The number of hydrogen-bond acceptors (Lipinski definition) is 6. The quantitative estimate of drug-likeness (QED) is 0.700. The second-order valence-corrected chi connectivity index (χ2v) is 8.49. The first kappa shape index (κ1) is 18.4.